The Bertz CT molecular complexity index is 328. The van der Waals surface area contributed by atoms with Crippen LogP contribution in [-0.2, 0) is 4.79 Å². The minimum atomic E-state index is 0.179. The average molecular weight is 204 g/mol. The molecule has 1 rings (SSSR count). The SMILES string of the molecule is C=C(C)CC(=O)CCOc1ccccc1. The van der Waals surface area contributed by atoms with Crippen molar-refractivity contribution in [2.75, 3.05) is 6.61 Å². The highest BCUT2D eigenvalue weighted by atomic mass is 16.5. The Morgan fingerprint density at radius 3 is 2.60 bits per heavy atom. The molecular weight excluding hydrogens is 188 g/mol. The summed E-state index contributed by atoms with van der Waals surface area (Å²) in [6.07, 6.45) is 0.903. The lowest BCUT2D eigenvalue weighted by Crippen LogP contribution is -2.06. The molecule has 2 nitrogen and oxygen atoms in total. The predicted molar refractivity (Wildman–Crippen MR) is 61.0 cm³/mol. The summed E-state index contributed by atoms with van der Waals surface area (Å²) in [6.45, 7) is 6.00. The molecule has 0 aliphatic heterocycles. The van der Waals surface area contributed by atoms with Crippen LogP contribution in [-0.4, -0.2) is 12.4 Å². The highest BCUT2D eigenvalue weighted by Crippen LogP contribution is 2.09. The number of rotatable bonds is 6. The van der Waals surface area contributed by atoms with Gasteiger partial charge in [0.15, 0.2) is 0 Å². The van der Waals surface area contributed by atoms with E-state index < -0.39 is 0 Å². The maximum Gasteiger partial charge on any atom is 0.140 e. The molecule has 0 radical (unpaired) electrons. The number of hydrogen-bond acceptors (Lipinski definition) is 2. The Morgan fingerprint density at radius 2 is 2.00 bits per heavy atom. The molecule has 0 heterocycles. The predicted octanol–water partition coefficient (Wildman–Crippen LogP) is 2.99. The minimum Gasteiger partial charge on any atom is -0.493 e. The Morgan fingerprint density at radius 1 is 1.33 bits per heavy atom. The van der Waals surface area contributed by atoms with Gasteiger partial charge in [0, 0.05) is 12.8 Å². The van der Waals surface area contributed by atoms with E-state index >= 15 is 0 Å². The maximum atomic E-state index is 11.3. The summed E-state index contributed by atoms with van der Waals surface area (Å²) in [7, 11) is 0. The van der Waals surface area contributed by atoms with Crippen LogP contribution in [0.5, 0.6) is 5.75 Å². The van der Waals surface area contributed by atoms with Gasteiger partial charge in [0.2, 0.25) is 0 Å². The van der Waals surface area contributed by atoms with Crippen LogP contribution in [0.25, 0.3) is 0 Å². The molecule has 0 aliphatic carbocycles. The molecule has 80 valence electrons. The van der Waals surface area contributed by atoms with Gasteiger partial charge in [0.1, 0.15) is 11.5 Å². The zero-order valence-corrected chi connectivity index (χ0v) is 9.03. The molecule has 0 bridgehead atoms. The molecule has 0 spiro atoms. The lowest BCUT2D eigenvalue weighted by Gasteiger charge is -2.04. The number of ether oxygens (including phenoxy) is 1. The van der Waals surface area contributed by atoms with Gasteiger partial charge in [0.05, 0.1) is 6.61 Å². The summed E-state index contributed by atoms with van der Waals surface area (Å²) in [6, 6.07) is 9.50. The third-order valence-corrected chi connectivity index (χ3v) is 1.89. The van der Waals surface area contributed by atoms with Crippen molar-refractivity contribution in [2.24, 2.45) is 0 Å². The summed E-state index contributed by atoms with van der Waals surface area (Å²) >= 11 is 0. The fourth-order valence-electron chi connectivity index (χ4n) is 1.22. The monoisotopic (exact) mass is 204 g/mol. The number of benzene rings is 1. The Balaban J connectivity index is 2.22. The van der Waals surface area contributed by atoms with Crippen molar-refractivity contribution in [3.63, 3.8) is 0 Å². The van der Waals surface area contributed by atoms with Gasteiger partial charge in [0.25, 0.3) is 0 Å². The van der Waals surface area contributed by atoms with Gasteiger partial charge in [-0.25, -0.2) is 0 Å². The topological polar surface area (TPSA) is 26.3 Å². The Kier molecular flexibility index (Phi) is 4.61. The van der Waals surface area contributed by atoms with E-state index in [0.717, 1.165) is 11.3 Å². The molecule has 0 aliphatic rings. The number of carbonyl (C=O) groups excluding carboxylic acids is 1. The molecule has 0 N–H and O–H groups in total. The molecule has 0 amide bonds. The average Bonchev–Trinajstić information content (AvgIpc) is 2.18. The fraction of sp³-hybridized carbons (Fsp3) is 0.308. The summed E-state index contributed by atoms with van der Waals surface area (Å²) in [5.41, 5.74) is 0.903. The van der Waals surface area contributed by atoms with E-state index in [1.54, 1.807) is 0 Å². The van der Waals surface area contributed by atoms with Crippen LogP contribution < -0.4 is 4.74 Å². The molecule has 0 saturated heterocycles. The highest BCUT2D eigenvalue weighted by Gasteiger charge is 2.02. The highest BCUT2D eigenvalue weighted by molar-refractivity contribution is 5.80. The Hall–Kier alpha value is -1.57. The van der Waals surface area contributed by atoms with E-state index in [2.05, 4.69) is 6.58 Å². The van der Waals surface area contributed by atoms with Gasteiger partial charge in [-0.3, -0.25) is 4.79 Å². The molecular formula is C13H16O2. The van der Waals surface area contributed by atoms with Crippen molar-refractivity contribution in [1.82, 2.24) is 0 Å². The number of allylic oxidation sites excluding steroid dienone is 1. The van der Waals surface area contributed by atoms with Gasteiger partial charge in [-0.2, -0.15) is 0 Å². The van der Waals surface area contributed by atoms with Crippen molar-refractivity contribution in [3.8, 4) is 5.75 Å². The van der Waals surface area contributed by atoms with Gasteiger partial charge in [-0.1, -0.05) is 30.4 Å². The van der Waals surface area contributed by atoms with E-state index in [9.17, 15) is 4.79 Å². The third kappa shape index (κ3) is 5.01. The lowest BCUT2D eigenvalue weighted by molar-refractivity contribution is -0.118. The van der Waals surface area contributed by atoms with Gasteiger partial charge in [-0.05, 0) is 19.1 Å². The summed E-state index contributed by atoms with van der Waals surface area (Å²) < 4.78 is 5.41. The molecule has 0 unspecified atom stereocenters. The molecule has 0 atom stereocenters. The van der Waals surface area contributed by atoms with E-state index in [1.165, 1.54) is 0 Å². The summed E-state index contributed by atoms with van der Waals surface area (Å²) in [5.74, 6) is 0.985. The molecule has 0 fully saturated rings. The summed E-state index contributed by atoms with van der Waals surface area (Å²) in [4.78, 5) is 11.3. The fourth-order valence-corrected chi connectivity index (χ4v) is 1.22. The number of para-hydroxylation sites is 1. The first kappa shape index (κ1) is 11.5. The molecule has 1 aromatic rings. The van der Waals surface area contributed by atoms with Gasteiger partial charge >= 0.3 is 0 Å². The molecule has 0 aromatic heterocycles. The molecule has 2 heteroatoms. The van der Waals surface area contributed by atoms with Crippen LogP contribution in [0.3, 0.4) is 0 Å². The first-order valence-electron chi connectivity index (χ1n) is 5.02. The second-order valence-corrected chi connectivity index (χ2v) is 3.58. The first-order chi connectivity index (χ1) is 7.18. The van der Waals surface area contributed by atoms with Crippen molar-refractivity contribution >= 4 is 5.78 Å². The smallest absolute Gasteiger partial charge is 0.140 e. The number of ketones is 1. The van der Waals surface area contributed by atoms with E-state index in [-0.39, 0.29) is 5.78 Å². The largest absolute Gasteiger partial charge is 0.493 e. The maximum absolute atomic E-state index is 11.3. The second kappa shape index (κ2) is 6.02. The molecule has 1 aromatic carbocycles. The van der Waals surface area contributed by atoms with Crippen molar-refractivity contribution in [2.45, 2.75) is 19.8 Å². The standard InChI is InChI=1S/C13H16O2/c1-11(2)10-12(14)8-9-15-13-6-4-3-5-7-13/h3-7H,1,8-10H2,2H3. The van der Waals surface area contributed by atoms with E-state index in [0.29, 0.717) is 19.4 Å². The van der Waals surface area contributed by atoms with Crippen molar-refractivity contribution in [1.29, 1.82) is 0 Å². The van der Waals surface area contributed by atoms with Crippen LogP contribution in [0.4, 0.5) is 0 Å². The van der Waals surface area contributed by atoms with Crippen LogP contribution in [0.15, 0.2) is 42.5 Å². The van der Waals surface area contributed by atoms with Crippen LogP contribution >= 0.6 is 0 Å². The lowest BCUT2D eigenvalue weighted by atomic mass is 10.1. The first-order valence-corrected chi connectivity index (χ1v) is 5.02. The molecule has 15 heavy (non-hydrogen) atoms. The quantitative estimate of drug-likeness (QED) is 0.666. The Labute approximate surface area is 90.6 Å². The molecule has 0 saturated carbocycles. The number of Topliss-reactive ketones (excluding diaryl/α,β-unsaturated/α-hetero) is 1. The van der Waals surface area contributed by atoms with E-state index in [4.69, 9.17) is 4.74 Å². The van der Waals surface area contributed by atoms with Crippen LogP contribution in [0.1, 0.15) is 19.8 Å². The number of carbonyl (C=O) groups is 1. The zero-order valence-electron chi connectivity index (χ0n) is 9.03. The van der Waals surface area contributed by atoms with E-state index in [1.807, 2.05) is 37.3 Å². The van der Waals surface area contributed by atoms with Gasteiger partial charge in [-0.15, -0.1) is 0 Å². The van der Waals surface area contributed by atoms with Crippen LogP contribution in [0, 0.1) is 0 Å². The summed E-state index contributed by atoms with van der Waals surface area (Å²) in [5, 5.41) is 0. The van der Waals surface area contributed by atoms with Crippen molar-refractivity contribution < 1.29 is 9.53 Å². The minimum absolute atomic E-state index is 0.179. The third-order valence-electron chi connectivity index (χ3n) is 1.89. The normalized spacial score (nSPS) is 9.67. The van der Waals surface area contributed by atoms with Crippen molar-refractivity contribution in [3.05, 3.63) is 42.5 Å². The number of hydrogen-bond donors (Lipinski definition) is 0. The van der Waals surface area contributed by atoms with Crippen LogP contribution in [0.2, 0.25) is 0 Å². The second-order valence-electron chi connectivity index (χ2n) is 3.58. The van der Waals surface area contributed by atoms with Gasteiger partial charge < -0.3 is 4.74 Å². The zero-order chi connectivity index (χ0) is 11.1.